The van der Waals surface area contributed by atoms with Gasteiger partial charge in [-0.2, -0.15) is 4.39 Å². The third-order valence-electron chi connectivity index (χ3n) is 5.18. The van der Waals surface area contributed by atoms with Crippen LogP contribution in [0.2, 0.25) is 0 Å². The van der Waals surface area contributed by atoms with Gasteiger partial charge in [0.15, 0.2) is 11.6 Å². The van der Waals surface area contributed by atoms with Crippen LogP contribution in [-0.4, -0.2) is 0 Å². The van der Waals surface area contributed by atoms with E-state index in [2.05, 4.69) is 12.7 Å². The second kappa shape index (κ2) is 8.31. The molecule has 3 rings (SSSR count). The number of benzene rings is 2. The van der Waals surface area contributed by atoms with Gasteiger partial charge in [-0.1, -0.05) is 36.4 Å². The van der Waals surface area contributed by atoms with Crippen molar-refractivity contribution < 1.29 is 13.5 Å². The topological polar surface area (TPSA) is 9.23 Å². The Morgan fingerprint density at radius 2 is 1.65 bits per heavy atom. The Kier molecular flexibility index (Phi) is 5.87. The molecule has 0 spiro atoms. The number of allylic oxidation sites excluding steroid dienone is 2. The van der Waals surface area contributed by atoms with E-state index in [1.165, 1.54) is 30.7 Å². The van der Waals surface area contributed by atoms with Crippen LogP contribution in [0.4, 0.5) is 8.78 Å². The fourth-order valence-electron chi connectivity index (χ4n) is 3.61. The van der Waals surface area contributed by atoms with Crippen molar-refractivity contribution in [3.63, 3.8) is 0 Å². The van der Waals surface area contributed by atoms with Gasteiger partial charge in [-0.05, 0) is 67.7 Å². The van der Waals surface area contributed by atoms with Crippen LogP contribution in [0.5, 0.6) is 5.75 Å². The molecule has 0 bridgehead atoms. The Morgan fingerprint density at radius 1 is 0.962 bits per heavy atom. The van der Waals surface area contributed by atoms with Gasteiger partial charge in [-0.15, -0.1) is 6.58 Å². The molecule has 0 heterocycles. The van der Waals surface area contributed by atoms with Gasteiger partial charge in [0.2, 0.25) is 5.82 Å². The van der Waals surface area contributed by atoms with Gasteiger partial charge in [0.1, 0.15) is 0 Å². The second-order valence-electron chi connectivity index (χ2n) is 6.80. The standard InChI is InChI=1S/C23H24F2O/c1-3-15-26-21-14-13-20(22(24)23(21)25)19-11-9-18(10-12-19)17-7-5-16(4-2)6-8-17/h3-4,9-17H,2,5-8H2,1H3/b15-3+. The predicted octanol–water partition coefficient (Wildman–Crippen LogP) is 7.00. The van der Waals surface area contributed by atoms with E-state index in [-0.39, 0.29) is 11.3 Å². The molecule has 26 heavy (non-hydrogen) atoms. The summed E-state index contributed by atoms with van der Waals surface area (Å²) in [7, 11) is 0. The Hall–Kier alpha value is -2.42. The van der Waals surface area contributed by atoms with Crippen LogP contribution in [0, 0.1) is 17.6 Å². The number of ether oxygens (including phenoxy) is 1. The lowest BCUT2D eigenvalue weighted by Crippen LogP contribution is -2.11. The van der Waals surface area contributed by atoms with E-state index in [0.29, 0.717) is 17.4 Å². The quantitative estimate of drug-likeness (QED) is 0.415. The monoisotopic (exact) mass is 354 g/mol. The summed E-state index contributed by atoms with van der Waals surface area (Å²) < 4.78 is 33.7. The Bertz CT molecular complexity index is 785. The first-order valence-electron chi connectivity index (χ1n) is 9.12. The third kappa shape index (κ3) is 3.87. The smallest absolute Gasteiger partial charge is 0.201 e. The van der Waals surface area contributed by atoms with Crippen LogP contribution < -0.4 is 4.74 Å². The van der Waals surface area contributed by atoms with E-state index in [1.54, 1.807) is 19.1 Å². The van der Waals surface area contributed by atoms with Crippen LogP contribution in [0.1, 0.15) is 44.1 Å². The second-order valence-corrected chi connectivity index (χ2v) is 6.80. The summed E-state index contributed by atoms with van der Waals surface area (Å²) in [6.45, 7) is 5.63. The highest BCUT2D eigenvalue weighted by atomic mass is 19.2. The van der Waals surface area contributed by atoms with Gasteiger partial charge in [-0.3, -0.25) is 0 Å². The minimum Gasteiger partial charge on any atom is -0.462 e. The molecule has 0 amide bonds. The summed E-state index contributed by atoms with van der Waals surface area (Å²) in [4.78, 5) is 0. The maximum absolute atomic E-state index is 14.4. The van der Waals surface area contributed by atoms with Crippen molar-refractivity contribution in [2.45, 2.75) is 38.5 Å². The molecule has 0 aromatic heterocycles. The minimum atomic E-state index is -0.965. The van der Waals surface area contributed by atoms with E-state index in [0.717, 1.165) is 12.8 Å². The average molecular weight is 354 g/mol. The van der Waals surface area contributed by atoms with Gasteiger partial charge < -0.3 is 4.74 Å². The lowest BCUT2D eigenvalue weighted by atomic mass is 9.78. The zero-order valence-corrected chi connectivity index (χ0v) is 15.1. The first-order chi connectivity index (χ1) is 12.6. The van der Waals surface area contributed by atoms with Gasteiger partial charge in [0.25, 0.3) is 0 Å². The molecule has 0 saturated heterocycles. The van der Waals surface area contributed by atoms with Crippen molar-refractivity contribution in [1.82, 2.24) is 0 Å². The summed E-state index contributed by atoms with van der Waals surface area (Å²) in [5.41, 5.74) is 2.19. The minimum absolute atomic E-state index is 0.111. The van der Waals surface area contributed by atoms with Gasteiger partial charge in [0.05, 0.1) is 6.26 Å². The molecule has 136 valence electrons. The first kappa shape index (κ1) is 18.4. The third-order valence-corrected chi connectivity index (χ3v) is 5.18. The highest BCUT2D eigenvalue weighted by molar-refractivity contribution is 5.65. The molecule has 1 aliphatic rings. The molecule has 3 heteroatoms. The van der Waals surface area contributed by atoms with Crippen LogP contribution in [0.15, 0.2) is 61.4 Å². The molecule has 0 aliphatic heterocycles. The number of hydrogen-bond donors (Lipinski definition) is 0. The van der Waals surface area contributed by atoms with Crippen molar-refractivity contribution in [1.29, 1.82) is 0 Å². The molecule has 1 aliphatic carbocycles. The van der Waals surface area contributed by atoms with E-state index in [1.807, 2.05) is 24.3 Å². The van der Waals surface area contributed by atoms with E-state index >= 15 is 0 Å². The summed E-state index contributed by atoms with van der Waals surface area (Å²) in [6.07, 6.45) is 9.64. The normalized spacial score (nSPS) is 20.3. The predicted molar refractivity (Wildman–Crippen MR) is 102 cm³/mol. The van der Waals surface area contributed by atoms with Crippen LogP contribution in [0.3, 0.4) is 0 Å². The lowest BCUT2D eigenvalue weighted by Gasteiger charge is -2.27. The van der Waals surface area contributed by atoms with E-state index in [9.17, 15) is 8.78 Å². The van der Waals surface area contributed by atoms with Gasteiger partial charge in [-0.25, -0.2) is 4.39 Å². The van der Waals surface area contributed by atoms with Crippen molar-refractivity contribution in [3.8, 4) is 16.9 Å². The van der Waals surface area contributed by atoms with Crippen molar-refractivity contribution in [2.75, 3.05) is 0 Å². The largest absolute Gasteiger partial charge is 0.462 e. The Balaban J connectivity index is 1.78. The fourth-order valence-corrected chi connectivity index (χ4v) is 3.61. The summed E-state index contributed by atoms with van der Waals surface area (Å²) in [5.74, 6) is -0.789. The summed E-state index contributed by atoms with van der Waals surface area (Å²) in [6, 6.07) is 10.8. The lowest BCUT2D eigenvalue weighted by molar-refractivity contribution is 0.376. The molecule has 1 fully saturated rings. The highest BCUT2D eigenvalue weighted by Gasteiger charge is 2.21. The van der Waals surface area contributed by atoms with Gasteiger partial charge in [0, 0.05) is 5.56 Å². The van der Waals surface area contributed by atoms with Crippen molar-refractivity contribution in [3.05, 3.63) is 78.6 Å². The highest BCUT2D eigenvalue weighted by Crippen LogP contribution is 2.37. The van der Waals surface area contributed by atoms with Crippen LogP contribution in [-0.2, 0) is 0 Å². The molecule has 0 radical (unpaired) electrons. The fraction of sp³-hybridized carbons (Fsp3) is 0.304. The molecule has 2 aromatic carbocycles. The van der Waals surface area contributed by atoms with E-state index in [4.69, 9.17) is 4.74 Å². The maximum Gasteiger partial charge on any atom is 0.201 e. The summed E-state index contributed by atoms with van der Waals surface area (Å²) >= 11 is 0. The molecular weight excluding hydrogens is 330 g/mol. The number of hydrogen-bond acceptors (Lipinski definition) is 1. The molecule has 0 N–H and O–H groups in total. The van der Waals surface area contributed by atoms with Crippen LogP contribution >= 0.6 is 0 Å². The Labute approximate surface area is 154 Å². The molecule has 0 unspecified atom stereocenters. The van der Waals surface area contributed by atoms with Crippen molar-refractivity contribution >= 4 is 0 Å². The maximum atomic E-state index is 14.4. The number of rotatable bonds is 5. The molecule has 1 nitrogen and oxygen atoms in total. The first-order valence-corrected chi connectivity index (χ1v) is 9.12. The molecule has 2 aromatic rings. The zero-order chi connectivity index (χ0) is 18.5. The molecule has 0 atom stereocenters. The average Bonchev–Trinajstić information content (AvgIpc) is 2.69. The van der Waals surface area contributed by atoms with Crippen molar-refractivity contribution in [2.24, 2.45) is 5.92 Å². The zero-order valence-electron chi connectivity index (χ0n) is 15.1. The van der Waals surface area contributed by atoms with E-state index < -0.39 is 11.6 Å². The summed E-state index contributed by atoms with van der Waals surface area (Å²) in [5, 5.41) is 0. The Morgan fingerprint density at radius 3 is 2.27 bits per heavy atom. The SMILES string of the molecule is C=CC1CCC(c2ccc(-c3ccc(O/C=C/C)c(F)c3F)cc2)CC1. The van der Waals surface area contributed by atoms with Gasteiger partial charge >= 0.3 is 0 Å². The number of halogens is 2. The molecule has 1 saturated carbocycles. The van der Waals surface area contributed by atoms with Crippen LogP contribution in [0.25, 0.3) is 11.1 Å². The molecular formula is C23H24F2O.